The Morgan fingerprint density at radius 2 is 2.32 bits per heavy atom. The summed E-state index contributed by atoms with van der Waals surface area (Å²) in [5, 5.41) is 3.24. The molecule has 9 heteroatoms. The van der Waals surface area contributed by atoms with Crippen LogP contribution in [0.3, 0.4) is 0 Å². The second kappa shape index (κ2) is 8.99. The third-order valence-electron chi connectivity index (χ3n) is 5.66. The van der Waals surface area contributed by atoms with Crippen molar-refractivity contribution in [2.75, 3.05) is 32.6 Å². The van der Waals surface area contributed by atoms with Crippen LogP contribution >= 0.6 is 0 Å². The maximum absolute atomic E-state index is 13.3. The molecular weight excluding hydrogens is 398 g/mol. The molecule has 0 bridgehead atoms. The molecule has 1 atom stereocenters. The topological polar surface area (TPSA) is 112 Å². The van der Waals surface area contributed by atoms with Gasteiger partial charge in [0.1, 0.15) is 10.9 Å². The summed E-state index contributed by atoms with van der Waals surface area (Å²) in [6, 6.07) is 5.25. The van der Waals surface area contributed by atoms with E-state index in [1.807, 2.05) is 13.0 Å². The Morgan fingerprint density at radius 1 is 1.48 bits per heavy atom. The fraction of sp³-hybridized carbons (Fsp3) is 0.455. The minimum atomic E-state index is -0.330. The van der Waals surface area contributed by atoms with Crippen LogP contribution in [0.5, 0.6) is 0 Å². The number of rotatable bonds is 7. The van der Waals surface area contributed by atoms with Gasteiger partial charge in [-0.3, -0.25) is 14.0 Å². The lowest BCUT2D eigenvalue weighted by molar-refractivity contribution is -0.659. The Kier molecular flexibility index (Phi) is 6.15. The van der Waals surface area contributed by atoms with Gasteiger partial charge < -0.3 is 20.5 Å². The van der Waals surface area contributed by atoms with Crippen molar-refractivity contribution in [3.63, 3.8) is 0 Å². The number of hydrogen-bond donors (Lipinski definition) is 2. The first-order chi connectivity index (χ1) is 15.0. The average Bonchev–Trinajstić information content (AvgIpc) is 3.28. The largest absolute Gasteiger partial charge is 0.385 e. The normalized spacial score (nSPS) is 16.3. The second-order valence-corrected chi connectivity index (χ2v) is 7.83. The zero-order chi connectivity index (χ0) is 22.0. The number of nitrogens with two attached hydrogens (primary N) is 1. The summed E-state index contributed by atoms with van der Waals surface area (Å²) in [7, 11) is 1.63. The lowest BCUT2D eigenvalue weighted by atomic mass is 10.1. The molecule has 0 aromatic carbocycles. The van der Waals surface area contributed by atoms with Gasteiger partial charge in [0.2, 0.25) is 11.5 Å². The predicted octanol–water partition coefficient (Wildman–Crippen LogP) is 0.971. The molecule has 4 rings (SSSR count). The number of amides is 1. The monoisotopic (exact) mass is 426 g/mol. The SMILES string of the molecule is COCCC[n+]1c(N)c(C(=O)NC[C@@H]2CCCO2)cc2c(=O)n3cccc(C)c3nc21. The van der Waals surface area contributed by atoms with Gasteiger partial charge in [-0.05, 0) is 31.9 Å². The Balaban J connectivity index is 1.83. The van der Waals surface area contributed by atoms with Gasteiger partial charge in [0, 0.05) is 45.0 Å². The zero-order valence-corrected chi connectivity index (χ0v) is 17.9. The molecule has 0 saturated carbocycles. The van der Waals surface area contributed by atoms with E-state index in [1.165, 1.54) is 4.40 Å². The molecule has 0 aliphatic carbocycles. The van der Waals surface area contributed by atoms with Gasteiger partial charge in [-0.25, -0.2) is 4.57 Å². The van der Waals surface area contributed by atoms with E-state index in [1.54, 1.807) is 30.0 Å². The quantitative estimate of drug-likeness (QED) is 0.331. The number of hydrogen-bond acceptors (Lipinski definition) is 6. The van der Waals surface area contributed by atoms with E-state index >= 15 is 0 Å². The van der Waals surface area contributed by atoms with Crippen LogP contribution in [0.2, 0.25) is 0 Å². The highest BCUT2D eigenvalue weighted by molar-refractivity contribution is 6.00. The summed E-state index contributed by atoms with van der Waals surface area (Å²) >= 11 is 0. The number of pyridine rings is 2. The molecule has 3 N–H and O–H groups in total. The second-order valence-electron chi connectivity index (χ2n) is 7.83. The van der Waals surface area contributed by atoms with Gasteiger partial charge in [0.15, 0.2) is 0 Å². The van der Waals surface area contributed by atoms with Gasteiger partial charge in [0.25, 0.3) is 17.1 Å². The average molecular weight is 426 g/mol. The lowest BCUT2D eigenvalue weighted by Gasteiger charge is -2.14. The van der Waals surface area contributed by atoms with Crippen molar-refractivity contribution in [1.82, 2.24) is 14.7 Å². The number of carbonyl (C=O) groups excluding carboxylic acids is 1. The lowest BCUT2D eigenvalue weighted by Crippen LogP contribution is -2.43. The Morgan fingerprint density at radius 3 is 3.06 bits per heavy atom. The van der Waals surface area contributed by atoms with Gasteiger partial charge >= 0.3 is 0 Å². The van der Waals surface area contributed by atoms with Gasteiger partial charge in [0.05, 0.1) is 12.6 Å². The Hall–Kier alpha value is -3.04. The minimum absolute atomic E-state index is 0.0127. The van der Waals surface area contributed by atoms with Crippen molar-refractivity contribution in [3.8, 4) is 0 Å². The van der Waals surface area contributed by atoms with E-state index < -0.39 is 0 Å². The molecule has 0 unspecified atom stereocenters. The summed E-state index contributed by atoms with van der Waals surface area (Å²) in [5.41, 5.74) is 8.35. The molecule has 0 spiro atoms. The van der Waals surface area contributed by atoms with Crippen molar-refractivity contribution >= 4 is 28.4 Å². The van der Waals surface area contributed by atoms with E-state index in [0.29, 0.717) is 49.4 Å². The third-order valence-corrected chi connectivity index (χ3v) is 5.66. The molecule has 1 aliphatic heterocycles. The number of ether oxygens (including phenoxy) is 2. The van der Waals surface area contributed by atoms with Crippen LogP contribution in [-0.2, 0) is 16.0 Å². The molecule has 1 amide bonds. The fourth-order valence-electron chi connectivity index (χ4n) is 3.99. The molecule has 9 nitrogen and oxygen atoms in total. The predicted molar refractivity (Wildman–Crippen MR) is 116 cm³/mol. The third kappa shape index (κ3) is 4.11. The van der Waals surface area contributed by atoms with Crippen molar-refractivity contribution in [2.24, 2.45) is 0 Å². The fourth-order valence-corrected chi connectivity index (χ4v) is 3.99. The first-order valence-electron chi connectivity index (χ1n) is 10.5. The first kappa shape index (κ1) is 21.2. The van der Waals surface area contributed by atoms with Crippen molar-refractivity contribution < 1.29 is 18.8 Å². The summed E-state index contributed by atoms with van der Waals surface area (Å²) in [4.78, 5) is 31.0. The maximum atomic E-state index is 13.3. The number of carbonyl (C=O) groups is 1. The van der Waals surface area contributed by atoms with E-state index in [-0.39, 0.29) is 29.0 Å². The summed E-state index contributed by atoms with van der Waals surface area (Å²) in [5.74, 6) is -0.0533. The highest BCUT2D eigenvalue weighted by atomic mass is 16.5. The van der Waals surface area contributed by atoms with Crippen LogP contribution in [0.25, 0.3) is 16.7 Å². The van der Waals surface area contributed by atoms with Crippen LogP contribution in [0.15, 0.2) is 29.2 Å². The standard InChI is InChI=1S/C22H27N5O4/c1-14-6-3-8-27-19(14)25-20-17(22(27)29)12-16(18(23)26(20)9-5-10-30-2)21(28)24-13-15-7-4-11-31-15/h3,6,8,12,15,23H,4-5,7,9-11,13H2,1-2H3,(H,24,28)/p+1/t15-/m0/s1. The molecule has 0 radical (unpaired) electrons. The molecule has 1 aliphatic rings. The smallest absolute Gasteiger partial charge is 0.278 e. The highest BCUT2D eigenvalue weighted by Gasteiger charge is 2.25. The number of anilines is 1. The van der Waals surface area contributed by atoms with E-state index in [2.05, 4.69) is 5.32 Å². The van der Waals surface area contributed by atoms with E-state index in [0.717, 1.165) is 18.4 Å². The molecular formula is C22H28N5O4+. The number of nitrogens with one attached hydrogen (secondary N) is 1. The van der Waals surface area contributed by atoms with Crippen LogP contribution in [0.4, 0.5) is 5.82 Å². The number of nitrogens with zero attached hydrogens (tertiary/aromatic N) is 3. The molecule has 3 aromatic heterocycles. The number of aromatic nitrogens is 3. The molecule has 164 valence electrons. The van der Waals surface area contributed by atoms with Crippen LogP contribution in [-0.4, -0.2) is 48.3 Å². The summed E-state index contributed by atoms with van der Waals surface area (Å²) < 4.78 is 14.0. The van der Waals surface area contributed by atoms with E-state index in [9.17, 15) is 9.59 Å². The Bertz CT molecular complexity index is 1180. The van der Waals surface area contributed by atoms with Gasteiger partial charge in [-0.15, -0.1) is 0 Å². The van der Waals surface area contributed by atoms with Crippen molar-refractivity contribution in [1.29, 1.82) is 0 Å². The van der Waals surface area contributed by atoms with Crippen LogP contribution < -0.4 is 21.2 Å². The molecule has 31 heavy (non-hydrogen) atoms. The first-order valence-corrected chi connectivity index (χ1v) is 10.5. The summed E-state index contributed by atoms with van der Waals surface area (Å²) in [6.07, 6.45) is 4.27. The van der Waals surface area contributed by atoms with Gasteiger partial charge in [-0.2, -0.15) is 0 Å². The molecule has 1 saturated heterocycles. The Labute approximate surface area is 179 Å². The van der Waals surface area contributed by atoms with Crippen LogP contribution in [0, 0.1) is 6.92 Å². The van der Waals surface area contributed by atoms with Crippen molar-refractivity contribution in [3.05, 3.63) is 45.9 Å². The summed E-state index contributed by atoms with van der Waals surface area (Å²) in [6.45, 7) is 4.02. The highest BCUT2D eigenvalue weighted by Crippen LogP contribution is 2.17. The number of aryl methyl sites for hydroxylation is 2. The maximum Gasteiger partial charge on any atom is 0.278 e. The number of fused-ring (bicyclic) bond motifs is 2. The molecule has 1 fully saturated rings. The minimum Gasteiger partial charge on any atom is -0.385 e. The number of methoxy groups -OCH3 is 1. The molecule has 4 heterocycles. The van der Waals surface area contributed by atoms with Crippen molar-refractivity contribution in [2.45, 2.75) is 38.8 Å². The molecule has 3 aromatic rings. The van der Waals surface area contributed by atoms with E-state index in [4.69, 9.17) is 20.2 Å². The number of nitrogen functional groups attached to an aromatic ring is 1. The zero-order valence-electron chi connectivity index (χ0n) is 17.9. The van der Waals surface area contributed by atoms with Gasteiger partial charge in [-0.1, -0.05) is 11.1 Å². The van der Waals surface area contributed by atoms with Crippen LogP contribution in [0.1, 0.15) is 35.2 Å².